The number of benzene rings is 2. The maximum atomic E-state index is 11.7. The number of hydrogen-bond acceptors (Lipinski definition) is 5. The second-order valence-electron chi connectivity index (χ2n) is 4.97. The Labute approximate surface area is 141 Å². The number of carbonyl (C=O) groups is 1. The summed E-state index contributed by atoms with van der Waals surface area (Å²) in [6.45, 7) is 2.29. The van der Waals surface area contributed by atoms with Gasteiger partial charge in [-0.3, -0.25) is 0 Å². The molecule has 0 aliphatic heterocycles. The van der Waals surface area contributed by atoms with Crippen molar-refractivity contribution >= 4 is 5.97 Å². The van der Waals surface area contributed by atoms with Crippen LogP contribution in [-0.4, -0.2) is 20.2 Å². The summed E-state index contributed by atoms with van der Waals surface area (Å²) in [4.78, 5) is 11.7. The Morgan fingerprint density at radius 3 is 2.33 bits per heavy atom. The van der Waals surface area contributed by atoms with E-state index in [9.17, 15) is 4.79 Å². The summed E-state index contributed by atoms with van der Waals surface area (Å²) >= 11 is 0. The van der Waals surface area contributed by atoms with Crippen LogP contribution in [0.15, 0.2) is 60.6 Å². The first-order valence-electron chi connectivity index (χ1n) is 7.41. The molecule has 0 radical (unpaired) electrons. The highest BCUT2D eigenvalue weighted by Crippen LogP contribution is 2.24. The van der Waals surface area contributed by atoms with Gasteiger partial charge in [-0.1, -0.05) is 36.4 Å². The van der Waals surface area contributed by atoms with Gasteiger partial charge in [0.2, 0.25) is 5.76 Å². The van der Waals surface area contributed by atoms with Crippen LogP contribution in [0.25, 0.3) is 0 Å². The minimum atomic E-state index is -0.619. The Morgan fingerprint density at radius 2 is 1.67 bits per heavy atom. The molecule has 0 aliphatic carbocycles. The topological polar surface area (TPSA) is 54.0 Å². The van der Waals surface area contributed by atoms with Crippen molar-refractivity contribution < 1.29 is 23.7 Å². The molecular weight excluding hydrogens is 308 g/mol. The van der Waals surface area contributed by atoms with E-state index in [4.69, 9.17) is 14.2 Å². The molecule has 0 spiro atoms. The van der Waals surface area contributed by atoms with E-state index >= 15 is 0 Å². The van der Waals surface area contributed by atoms with Crippen LogP contribution < -0.4 is 9.47 Å². The largest absolute Gasteiger partial charge is 0.500 e. The minimum absolute atomic E-state index is 0.0386. The Morgan fingerprint density at radius 1 is 1.00 bits per heavy atom. The van der Waals surface area contributed by atoms with E-state index in [0.29, 0.717) is 12.4 Å². The molecule has 0 aromatic heterocycles. The number of hydrogen-bond donors (Lipinski definition) is 0. The van der Waals surface area contributed by atoms with E-state index in [2.05, 4.69) is 4.74 Å². The monoisotopic (exact) mass is 328 g/mol. The fourth-order valence-corrected chi connectivity index (χ4v) is 2.04. The summed E-state index contributed by atoms with van der Waals surface area (Å²) in [7, 11) is 2.71. The van der Waals surface area contributed by atoms with Gasteiger partial charge in [-0.2, -0.15) is 0 Å². The predicted octanol–water partition coefficient (Wildman–Crippen LogP) is 3.61. The van der Waals surface area contributed by atoms with E-state index < -0.39 is 5.97 Å². The summed E-state index contributed by atoms with van der Waals surface area (Å²) in [5, 5.41) is 0. The number of esters is 1. The summed E-state index contributed by atoms with van der Waals surface area (Å²) in [5.41, 5.74) is 1.84. The summed E-state index contributed by atoms with van der Waals surface area (Å²) < 4.78 is 21.0. The van der Waals surface area contributed by atoms with Gasteiger partial charge in [0.1, 0.15) is 24.4 Å². The molecule has 0 amide bonds. The minimum Gasteiger partial charge on any atom is -0.500 e. The zero-order valence-corrected chi connectivity index (χ0v) is 13.9. The second kappa shape index (κ2) is 8.62. The van der Waals surface area contributed by atoms with Crippen molar-refractivity contribution in [3.63, 3.8) is 0 Å². The molecule has 0 aliphatic rings. The molecule has 2 aromatic carbocycles. The van der Waals surface area contributed by atoms with Crippen LogP contribution >= 0.6 is 0 Å². The van der Waals surface area contributed by atoms with Crippen LogP contribution in [0.2, 0.25) is 0 Å². The van der Waals surface area contributed by atoms with Gasteiger partial charge in [0.05, 0.1) is 14.2 Å². The van der Waals surface area contributed by atoms with Crippen LogP contribution in [-0.2, 0) is 20.9 Å². The van der Waals surface area contributed by atoms with Crippen molar-refractivity contribution in [3.05, 3.63) is 71.7 Å². The van der Waals surface area contributed by atoms with E-state index in [1.165, 1.54) is 20.5 Å². The molecule has 126 valence electrons. The zero-order valence-electron chi connectivity index (χ0n) is 13.9. The van der Waals surface area contributed by atoms with Crippen molar-refractivity contribution in [1.82, 2.24) is 0 Å². The molecule has 0 atom stereocenters. The Kier molecular flexibility index (Phi) is 6.25. The fourth-order valence-electron chi connectivity index (χ4n) is 2.04. The van der Waals surface area contributed by atoms with Crippen LogP contribution in [0.4, 0.5) is 0 Å². The van der Waals surface area contributed by atoms with E-state index in [1.807, 2.05) is 49.4 Å². The molecule has 5 nitrogen and oxygen atoms in total. The number of para-hydroxylation sites is 2. The normalized spacial score (nSPS) is 10.9. The van der Waals surface area contributed by atoms with Crippen LogP contribution in [0.5, 0.6) is 11.5 Å². The number of methoxy groups -OCH3 is 2. The third kappa shape index (κ3) is 4.52. The lowest BCUT2D eigenvalue weighted by Crippen LogP contribution is -2.12. The Balaban J connectivity index is 2.16. The number of rotatable bonds is 7. The van der Waals surface area contributed by atoms with Gasteiger partial charge in [-0.25, -0.2) is 4.79 Å². The van der Waals surface area contributed by atoms with Gasteiger partial charge < -0.3 is 18.9 Å². The standard InChI is InChI=1S/C19H20O5/c1-14-8-4-6-10-16(14)23-12-15-9-5-7-11-17(15)24-18(13-21-2)19(20)22-3/h4-11,13H,12H2,1-3H3/b18-13+. The fraction of sp³-hybridized carbons (Fsp3) is 0.211. The average Bonchev–Trinajstić information content (AvgIpc) is 2.61. The molecule has 24 heavy (non-hydrogen) atoms. The highest BCUT2D eigenvalue weighted by molar-refractivity contribution is 5.86. The summed E-state index contributed by atoms with van der Waals surface area (Å²) in [5.74, 6) is 0.641. The Hall–Kier alpha value is -2.95. The first kappa shape index (κ1) is 17.4. The van der Waals surface area contributed by atoms with E-state index in [-0.39, 0.29) is 5.76 Å². The molecule has 0 saturated heterocycles. The third-order valence-electron chi connectivity index (χ3n) is 3.28. The second-order valence-corrected chi connectivity index (χ2v) is 4.97. The van der Waals surface area contributed by atoms with Gasteiger partial charge in [0.15, 0.2) is 0 Å². The molecule has 2 rings (SSSR count). The molecule has 5 heteroatoms. The van der Waals surface area contributed by atoms with Crippen LogP contribution in [0.1, 0.15) is 11.1 Å². The van der Waals surface area contributed by atoms with Crippen molar-refractivity contribution in [2.45, 2.75) is 13.5 Å². The average molecular weight is 328 g/mol. The van der Waals surface area contributed by atoms with Gasteiger partial charge in [0.25, 0.3) is 0 Å². The van der Waals surface area contributed by atoms with Crippen molar-refractivity contribution in [3.8, 4) is 11.5 Å². The van der Waals surface area contributed by atoms with Crippen LogP contribution in [0.3, 0.4) is 0 Å². The first-order chi connectivity index (χ1) is 11.7. The summed E-state index contributed by atoms with van der Waals surface area (Å²) in [6, 6.07) is 15.1. The molecule has 0 heterocycles. The number of ether oxygens (including phenoxy) is 4. The SMILES string of the molecule is CO/C=C(/Oc1ccccc1COc1ccccc1C)C(=O)OC. The molecule has 2 aromatic rings. The molecular formula is C19H20O5. The van der Waals surface area contributed by atoms with Crippen molar-refractivity contribution in [2.24, 2.45) is 0 Å². The molecule has 0 bridgehead atoms. The molecule has 0 saturated carbocycles. The van der Waals surface area contributed by atoms with E-state index in [0.717, 1.165) is 16.9 Å². The Bertz CT molecular complexity index is 721. The predicted molar refractivity (Wildman–Crippen MR) is 89.7 cm³/mol. The smallest absolute Gasteiger partial charge is 0.377 e. The number of carbonyl (C=O) groups excluding carboxylic acids is 1. The lowest BCUT2D eigenvalue weighted by Gasteiger charge is -2.14. The molecule has 0 fully saturated rings. The first-order valence-corrected chi connectivity index (χ1v) is 7.41. The quantitative estimate of drug-likeness (QED) is 0.441. The maximum absolute atomic E-state index is 11.7. The maximum Gasteiger partial charge on any atom is 0.377 e. The molecule has 0 N–H and O–H groups in total. The highest BCUT2D eigenvalue weighted by Gasteiger charge is 2.15. The van der Waals surface area contributed by atoms with Crippen LogP contribution in [0, 0.1) is 6.92 Å². The summed E-state index contributed by atoms with van der Waals surface area (Å²) in [6.07, 6.45) is 1.20. The van der Waals surface area contributed by atoms with Gasteiger partial charge in [-0.15, -0.1) is 0 Å². The van der Waals surface area contributed by atoms with Crippen molar-refractivity contribution in [2.75, 3.05) is 14.2 Å². The highest BCUT2D eigenvalue weighted by atomic mass is 16.6. The zero-order chi connectivity index (χ0) is 17.4. The van der Waals surface area contributed by atoms with E-state index in [1.54, 1.807) is 6.07 Å². The van der Waals surface area contributed by atoms with Gasteiger partial charge in [-0.05, 0) is 24.6 Å². The van der Waals surface area contributed by atoms with Crippen molar-refractivity contribution in [1.29, 1.82) is 0 Å². The lowest BCUT2D eigenvalue weighted by atomic mass is 10.2. The number of aryl methyl sites for hydroxylation is 1. The van der Waals surface area contributed by atoms with Gasteiger partial charge in [0, 0.05) is 5.56 Å². The molecule has 0 unspecified atom stereocenters. The lowest BCUT2D eigenvalue weighted by molar-refractivity contribution is -0.138. The third-order valence-corrected chi connectivity index (χ3v) is 3.28. The van der Waals surface area contributed by atoms with Gasteiger partial charge >= 0.3 is 5.97 Å².